The van der Waals surface area contributed by atoms with Crippen LogP contribution >= 0.6 is 0 Å². The van der Waals surface area contributed by atoms with Crippen LogP contribution in [0.2, 0.25) is 0 Å². The Kier molecular flexibility index (Phi) is 4.38. The summed E-state index contributed by atoms with van der Waals surface area (Å²) in [5, 5.41) is 12.3. The first-order valence-electron chi connectivity index (χ1n) is 8.11. The number of halogens is 3. The molecule has 0 aliphatic heterocycles. The molecule has 0 aliphatic carbocycles. The third-order valence-electron chi connectivity index (χ3n) is 3.86. The highest BCUT2D eigenvalue weighted by Gasteiger charge is 2.30. The maximum atomic E-state index is 12.3. The minimum atomic E-state index is -4.72. The Bertz CT molecular complexity index is 1100. The van der Waals surface area contributed by atoms with E-state index in [1.807, 2.05) is 0 Å². The molecule has 28 heavy (non-hydrogen) atoms. The van der Waals surface area contributed by atoms with Crippen LogP contribution in [0.1, 0.15) is 5.69 Å². The third kappa shape index (κ3) is 3.90. The summed E-state index contributed by atoms with van der Waals surface area (Å²) in [7, 11) is 1.75. The maximum absolute atomic E-state index is 12.3. The van der Waals surface area contributed by atoms with E-state index >= 15 is 0 Å². The number of aryl methyl sites for hydroxylation is 1. The van der Waals surface area contributed by atoms with Crippen LogP contribution in [-0.4, -0.2) is 26.5 Å². The van der Waals surface area contributed by atoms with Crippen molar-refractivity contribution < 1.29 is 27.2 Å². The van der Waals surface area contributed by atoms with Crippen LogP contribution in [0.4, 0.5) is 13.2 Å². The largest absolute Gasteiger partial charge is 0.573 e. The fourth-order valence-electron chi connectivity index (χ4n) is 2.65. The van der Waals surface area contributed by atoms with Crippen molar-refractivity contribution in [3.63, 3.8) is 0 Å². The van der Waals surface area contributed by atoms with Crippen LogP contribution < -0.4 is 9.47 Å². The van der Waals surface area contributed by atoms with Crippen molar-refractivity contribution >= 4 is 11.0 Å². The van der Waals surface area contributed by atoms with E-state index in [1.165, 1.54) is 24.3 Å². The average Bonchev–Trinajstić information content (AvgIpc) is 3.24. The van der Waals surface area contributed by atoms with Crippen LogP contribution in [0.15, 0.2) is 53.2 Å². The third-order valence-corrected chi connectivity index (χ3v) is 3.86. The van der Waals surface area contributed by atoms with Gasteiger partial charge in [0.25, 0.3) is 5.88 Å². The summed E-state index contributed by atoms with van der Waals surface area (Å²) in [6.45, 7) is 0.170. The molecule has 0 saturated carbocycles. The number of hydrogen-bond donors (Lipinski definition) is 0. The lowest BCUT2D eigenvalue weighted by atomic mass is 10.0. The molecule has 4 aromatic rings. The maximum Gasteiger partial charge on any atom is 0.573 e. The molecule has 10 heteroatoms. The SMILES string of the molecule is Cn1cc(COc2noc3ccc(-c4ccc(OC(F)(F)F)cc4)cc23)nn1. The van der Waals surface area contributed by atoms with Gasteiger partial charge in [-0.2, -0.15) is 0 Å². The van der Waals surface area contributed by atoms with Crippen LogP contribution in [0, 0.1) is 0 Å². The van der Waals surface area contributed by atoms with Gasteiger partial charge in [-0.3, -0.25) is 4.68 Å². The lowest BCUT2D eigenvalue weighted by Gasteiger charge is -2.09. The second-order valence-corrected chi connectivity index (χ2v) is 5.94. The lowest BCUT2D eigenvalue weighted by molar-refractivity contribution is -0.274. The van der Waals surface area contributed by atoms with E-state index in [-0.39, 0.29) is 12.4 Å². The molecule has 2 aromatic carbocycles. The Morgan fingerprint density at radius 1 is 1.07 bits per heavy atom. The van der Waals surface area contributed by atoms with E-state index in [9.17, 15) is 13.2 Å². The summed E-state index contributed by atoms with van der Waals surface area (Å²) in [6.07, 6.45) is -3.00. The van der Waals surface area contributed by atoms with E-state index in [0.717, 1.165) is 5.56 Å². The molecule has 0 radical (unpaired) electrons. The molecule has 0 atom stereocenters. The first-order chi connectivity index (χ1) is 13.4. The monoisotopic (exact) mass is 390 g/mol. The van der Waals surface area contributed by atoms with Crippen LogP contribution in [0.25, 0.3) is 22.1 Å². The standard InChI is InChI=1S/C18H13F3N4O3/c1-25-9-13(22-24-25)10-26-17-15-8-12(4-7-16(15)28-23-17)11-2-5-14(6-3-11)27-18(19,20)21/h2-9H,10H2,1H3. The van der Waals surface area contributed by atoms with Gasteiger partial charge < -0.3 is 14.0 Å². The first-order valence-corrected chi connectivity index (χ1v) is 8.11. The zero-order valence-electron chi connectivity index (χ0n) is 14.5. The van der Waals surface area contributed by atoms with Crippen LogP contribution in [-0.2, 0) is 13.7 Å². The molecule has 0 aliphatic rings. The number of alkyl halides is 3. The minimum absolute atomic E-state index is 0.170. The Hall–Kier alpha value is -3.56. The van der Waals surface area contributed by atoms with E-state index in [4.69, 9.17) is 9.26 Å². The highest BCUT2D eigenvalue weighted by molar-refractivity contribution is 5.87. The Morgan fingerprint density at radius 2 is 1.82 bits per heavy atom. The van der Waals surface area contributed by atoms with Crippen LogP contribution in [0.3, 0.4) is 0 Å². The lowest BCUT2D eigenvalue weighted by Crippen LogP contribution is -2.16. The van der Waals surface area contributed by atoms with E-state index in [1.54, 1.807) is 36.1 Å². The molecule has 0 unspecified atom stereocenters. The Morgan fingerprint density at radius 3 is 2.50 bits per heavy atom. The fraction of sp³-hybridized carbons (Fsp3) is 0.167. The molecule has 0 bridgehead atoms. The molecule has 4 rings (SSSR count). The molecule has 2 heterocycles. The van der Waals surface area contributed by atoms with Crippen molar-refractivity contribution in [3.05, 3.63) is 54.4 Å². The minimum Gasteiger partial charge on any atom is -0.468 e. The molecule has 2 aromatic heterocycles. The quantitative estimate of drug-likeness (QED) is 0.511. The number of benzene rings is 2. The normalized spacial score (nSPS) is 11.7. The van der Waals surface area contributed by atoms with Gasteiger partial charge in [-0.15, -0.1) is 18.3 Å². The molecular weight excluding hydrogens is 377 g/mol. The molecule has 0 spiro atoms. The number of ether oxygens (including phenoxy) is 2. The number of hydrogen-bond acceptors (Lipinski definition) is 6. The van der Waals surface area contributed by atoms with Gasteiger partial charge in [-0.1, -0.05) is 23.4 Å². The molecule has 0 amide bonds. The van der Waals surface area contributed by atoms with Gasteiger partial charge in [-0.25, -0.2) is 0 Å². The van der Waals surface area contributed by atoms with Gasteiger partial charge in [0.2, 0.25) is 0 Å². The number of fused-ring (bicyclic) bond motifs is 1. The number of rotatable bonds is 5. The molecule has 7 nitrogen and oxygen atoms in total. The van der Waals surface area contributed by atoms with Gasteiger partial charge in [0.15, 0.2) is 5.58 Å². The molecule has 144 valence electrons. The van der Waals surface area contributed by atoms with Crippen molar-refractivity contribution in [2.45, 2.75) is 13.0 Å². The van der Waals surface area contributed by atoms with Crippen molar-refractivity contribution in [2.75, 3.05) is 0 Å². The first kappa shape index (κ1) is 17.8. The van der Waals surface area contributed by atoms with Gasteiger partial charge in [0.05, 0.1) is 11.6 Å². The fourth-order valence-corrected chi connectivity index (χ4v) is 2.65. The van der Waals surface area contributed by atoms with Crippen molar-refractivity contribution in [1.82, 2.24) is 20.2 Å². The van der Waals surface area contributed by atoms with E-state index in [0.29, 0.717) is 28.1 Å². The predicted octanol–water partition coefficient (Wildman–Crippen LogP) is 4.10. The van der Waals surface area contributed by atoms with Gasteiger partial charge in [0, 0.05) is 7.05 Å². The Balaban J connectivity index is 1.56. The van der Waals surface area contributed by atoms with Crippen molar-refractivity contribution in [1.29, 1.82) is 0 Å². The molecule has 0 saturated heterocycles. The summed E-state index contributed by atoms with van der Waals surface area (Å²) in [5.74, 6) is 0.00910. The zero-order chi connectivity index (χ0) is 19.7. The van der Waals surface area contributed by atoms with Crippen LogP contribution in [0.5, 0.6) is 11.6 Å². The van der Waals surface area contributed by atoms with Gasteiger partial charge >= 0.3 is 6.36 Å². The van der Waals surface area contributed by atoms with E-state index < -0.39 is 6.36 Å². The van der Waals surface area contributed by atoms with E-state index in [2.05, 4.69) is 20.2 Å². The zero-order valence-corrected chi connectivity index (χ0v) is 14.5. The smallest absolute Gasteiger partial charge is 0.468 e. The number of nitrogens with zero attached hydrogens (tertiary/aromatic N) is 4. The van der Waals surface area contributed by atoms with Gasteiger partial charge in [-0.05, 0) is 40.5 Å². The number of aromatic nitrogens is 4. The molecule has 0 N–H and O–H groups in total. The van der Waals surface area contributed by atoms with Crippen molar-refractivity contribution in [2.24, 2.45) is 7.05 Å². The predicted molar refractivity (Wildman–Crippen MR) is 91.5 cm³/mol. The Labute approximate surface area is 156 Å². The summed E-state index contributed by atoms with van der Waals surface area (Å²) < 4.78 is 53.2. The van der Waals surface area contributed by atoms with Gasteiger partial charge in [0.1, 0.15) is 18.1 Å². The highest BCUT2D eigenvalue weighted by Crippen LogP contribution is 2.32. The highest BCUT2D eigenvalue weighted by atomic mass is 19.4. The summed E-state index contributed by atoms with van der Waals surface area (Å²) in [6, 6.07) is 10.9. The summed E-state index contributed by atoms with van der Waals surface area (Å²) in [5.41, 5.74) is 2.63. The topological polar surface area (TPSA) is 75.2 Å². The summed E-state index contributed by atoms with van der Waals surface area (Å²) >= 11 is 0. The second-order valence-electron chi connectivity index (χ2n) is 5.94. The second kappa shape index (κ2) is 6.87. The molecule has 0 fully saturated rings. The summed E-state index contributed by atoms with van der Waals surface area (Å²) in [4.78, 5) is 0. The average molecular weight is 390 g/mol. The van der Waals surface area contributed by atoms with Crippen molar-refractivity contribution in [3.8, 4) is 22.8 Å². The molecular formula is C18H13F3N4O3.